The lowest BCUT2D eigenvalue weighted by molar-refractivity contribution is 0.334. The zero-order valence-corrected chi connectivity index (χ0v) is 10.8. The summed E-state index contributed by atoms with van der Waals surface area (Å²) in [7, 11) is 0. The molecule has 0 fully saturated rings. The van der Waals surface area contributed by atoms with Gasteiger partial charge in [-0.05, 0) is 54.9 Å². The second-order valence-electron chi connectivity index (χ2n) is 5.43. The van der Waals surface area contributed by atoms with Crippen molar-refractivity contribution in [3.63, 3.8) is 0 Å². The second-order valence-corrected chi connectivity index (χ2v) is 5.87. The van der Waals surface area contributed by atoms with Crippen molar-refractivity contribution in [3.8, 4) is 0 Å². The molecule has 0 atom stereocenters. The van der Waals surface area contributed by atoms with E-state index in [9.17, 15) is 0 Å². The van der Waals surface area contributed by atoms with Gasteiger partial charge in [0.2, 0.25) is 0 Å². The Bertz CT molecular complexity index is 410. The summed E-state index contributed by atoms with van der Waals surface area (Å²) >= 11 is 5.91. The molecule has 85 valence electrons. The van der Waals surface area contributed by atoms with Crippen LogP contribution < -0.4 is 0 Å². The summed E-state index contributed by atoms with van der Waals surface area (Å²) in [6, 6.07) is 8.12. The highest BCUT2D eigenvalue weighted by atomic mass is 35.5. The smallest absolute Gasteiger partial charge is 0.0406 e. The molecule has 0 aromatic heterocycles. The van der Waals surface area contributed by atoms with Crippen molar-refractivity contribution in [2.24, 2.45) is 5.41 Å². The summed E-state index contributed by atoms with van der Waals surface area (Å²) in [4.78, 5) is 0. The Morgan fingerprint density at radius 3 is 2.44 bits per heavy atom. The highest BCUT2D eigenvalue weighted by Gasteiger charge is 2.25. The summed E-state index contributed by atoms with van der Waals surface area (Å²) < 4.78 is 0. The van der Waals surface area contributed by atoms with Crippen LogP contribution in [0.5, 0.6) is 0 Å². The molecule has 1 aliphatic carbocycles. The fourth-order valence-corrected chi connectivity index (χ4v) is 2.42. The minimum atomic E-state index is 0.399. The van der Waals surface area contributed by atoms with E-state index in [0.29, 0.717) is 5.41 Å². The summed E-state index contributed by atoms with van der Waals surface area (Å²) in [5.74, 6) is 0. The van der Waals surface area contributed by atoms with E-state index in [1.165, 1.54) is 23.1 Å². The highest BCUT2D eigenvalue weighted by Crippen LogP contribution is 2.42. The van der Waals surface area contributed by atoms with Crippen molar-refractivity contribution < 1.29 is 0 Å². The molecule has 16 heavy (non-hydrogen) atoms. The van der Waals surface area contributed by atoms with Crippen molar-refractivity contribution in [2.75, 3.05) is 0 Å². The predicted molar refractivity (Wildman–Crippen MR) is 71.4 cm³/mol. The van der Waals surface area contributed by atoms with Crippen LogP contribution in [0.1, 0.15) is 38.7 Å². The van der Waals surface area contributed by atoms with E-state index in [1.54, 1.807) is 0 Å². The fraction of sp³-hybridized carbons (Fsp3) is 0.400. The van der Waals surface area contributed by atoms with Gasteiger partial charge in [-0.2, -0.15) is 0 Å². The average Bonchev–Trinajstić information content (AvgIpc) is 2.23. The minimum Gasteiger partial charge on any atom is -0.0843 e. The molecular formula is C15H18Cl. The molecule has 0 saturated carbocycles. The molecule has 2 rings (SSSR count). The van der Waals surface area contributed by atoms with Crippen molar-refractivity contribution in [1.82, 2.24) is 0 Å². The number of allylic oxidation sites excluding steroid dienone is 2. The van der Waals surface area contributed by atoms with Crippen molar-refractivity contribution in [1.29, 1.82) is 0 Å². The minimum absolute atomic E-state index is 0.399. The second kappa shape index (κ2) is 4.25. The summed E-state index contributed by atoms with van der Waals surface area (Å²) in [5, 5.41) is 0.796. The van der Waals surface area contributed by atoms with Crippen LogP contribution in [0.2, 0.25) is 5.02 Å². The summed E-state index contributed by atoms with van der Waals surface area (Å²) in [5.41, 5.74) is 4.38. The first kappa shape index (κ1) is 11.7. The van der Waals surface area contributed by atoms with Gasteiger partial charge in [0, 0.05) is 5.02 Å². The molecule has 1 heteroatoms. The van der Waals surface area contributed by atoms with E-state index >= 15 is 0 Å². The summed E-state index contributed by atoms with van der Waals surface area (Å²) in [6.45, 7) is 8.85. The molecule has 0 amide bonds. The van der Waals surface area contributed by atoms with Gasteiger partial charge in [-0.25, -0.2) is 0 Å². The molecule has 0 bridgehead atoms. The van der Waals surface area contributed by atoms with Gasteiger partial charge < -0.3 is 0 Å². The van der Waals surface area contributed by atoms with Gasteiger partial charge in [0.15, 0.2) is 0 Å². The third kappa shape index (κ3) is 2.49. The number of rotatable bonds is 1. The molecule has 0 N–H and O–H groups in total. The SMILES string of the molecule is [CH2]C1=C(c2ccc(Cl)cc2)CC(C)(C)CC1. The van der Waals surface area contributed by atoms with Crippen LogP contribution >= 0.6 is 11.6 Å². The molecule has 1 aliphatic rings. The van der Waals surface area contributed by atoms with E-state index in [-0.39, 0.29) is 0 Å². The van der Waals surface area contributed by atoms with Gasteiger partial charge in [0.25, 0.3) is 0 Å². The van der Waals surface area contributed by atoms with Gasteiger partial charge in [-0.3, -0.25) is 0 Å². The Morgan fingerprint density at radius 1 is 1.19 bits per heavy atom. The maximum absolute atomic E-state index is 5.91. The van der Waals surface area contributed by atoms with Crippen molar-refractivity contribution in [2.45, 2.75) is 33.1 Å². The normalized spacial score (nSPS) is 20.0. The van der Waals surface area contributed by atoms with Gasteiger partial charge in [-0.1, -0.05) is 43.2 Å². The molecule has 1 aromatic rings. The number of hydrogen-bond donors (Lipinski definition) is 0. The molecule has 0 heterocycles. The van der Waals surface area contributed by atoms with Crippen LogP contribution in [0.25, 0.3) is 5.57 Å². The largest absolute Gasteiger partial charge is 0.0843 e. The third-order valence-electron chi connectivity index (χ3n) is 3.38. The molecule has 0 aliphatic heterocycles. The predicted octanol–water partition coefficient (Wildman–Crippen LogP) is 5.14. The van der Waals surface area contributed by atoms with Crippen molar-refractivity contribution in [3.05, 3.63) is 47.3 Å². The zero-order valence-electron chi connectivity index (χ0n) is 10.0. The highest BCUT2D eigenvalue weighted by molar-refractivity contribution is 6.30. The first-order valence-corrected chi connectivity index (χ1v) is 6.16. The van der Waals surface area contributed by atoms with E-state index in [0.717, 1.165) is 17.9 Å². The van der Waals surface area contributed by atoms with E-state index < -0.39 is 0 Å². The number of halogens is 1. The molecular weight excluding hydrogens is 216 g/mol. The van der Waals surface area contributed by atoms with Crippen LogP contribution in [0.15, 0.2) is 29.8 Å². The van der Waals surface area contributed by atoms with E-state index in [1.807, 2.05) is 12.1 Å². The summed E-state index contributed by atoms with van der Waals surface area (Å²) in [6.07, 6.45) is 3.47. The van der Waals surface area contributed by atoms with Gasteiger partial charge in [-0.15, -0.1) is 0 Å². The van der Waals surface area contributed by atoms with Crippen LogP contribution in [-0.4, -0.2) is 0 Å². The van der Waals surface area contributed by atoms with Gasteiger partial charge >= 0.3 is 0 Å². The lowest BCUT2D eigenvalue weighted by Crippen LogP contribution is -2.17. The number of benzene rings is 1. The first-order valence-electron chi connectivity index (χ1n) is 5.78. The molecule has 1 aromatic carbocycles. The Kier molecular flexibility index (Phi) is 3.12. The lowest BCUT2D eigenvalue weighted by atomic mass is 9.73. The molecule has 0 nitrogen and oxygen atoms in total. The third-order valence-corrected chi connectivity index (χ3v) is 3.63. The van der Waals surface area contributed by atoms with Crippen LogP contribution in [0, 0.1) is 12.3 Å². The van der Waals surface area contributed by atoms with Crippen LogP contribution in [0.3, 0.4) is 0 Å². The maximum Gasteiger partial charge on any atom is 0.0406 e. The Morgan fingerprint density at radius 2 is 1.81 bits per heavy atom. The molecule has 0 saturated heterocycles. The maximum atomic E-state index is 5.91. The standard InChI is InChI=1S/C15H18Cl/c1-11-8-9-15(2,3)10-14(11)12-4-6-13(16)7-5-12/h4-7H,1,8-10H2,2-3H3. The van der Waals surface area contributed by atoms with Crippen molar-refractivity contribution >= 4 is 17.2 Å². The molecule has 0 unspecified atom stereocenters. The average molecular weight is 234 g/mol. The Labute approximate surface area is 103 Å². The zero-order chi connectivity index (χ0) is 11.8. The Balaban J connectivity index is 2.35. The van der Waals surface area contributed by atoms with E-state index in [2.05, 4.69) is 32.9 Å². The monoisotopic (exact) mass is 233 g/mol. The molecule has 1 radical (unpaired) electrons. The van der Waals surface area contributed by atoms with Gasteiger partial charge in [0.1, 0.15) is 0 Å². The molecule has 0 spiro atoms. The number of hydrogen-bond acceptors (Lipinski definition) is 0. The van der Waals surface area contributed by atoms with Crippen LogP contribution in [-0.2, 0) is 0 Å². The topological polar surface area (TPSA) is 0 Å². The van der Waals surface area contributed by atoms with Crippen LogP contribution in [0.4, 0.5) is 0 Å². The van der Waals surface area contributed by atoms with Gasteiger partial charge in [0.05, 0.1) is 0 Å². The fourth-order valence-electron chi connectivity index (χ4n) is 2.29. The quantitative estimate of drug-likeness (QED) is 0.630. The lowest BCUT2D eigenvalue weighted by Gasteiger charge is -2.32. The first-order chi connectivity index (χ1) is 7.48. The van der Waals surface area contributed by atoms with E-state index in [4.69, 9.17) is 11.6 Å². The Hall–Kier alpha value is -0.750.